The molecule has 262 valence electrons. The lowest BCUT2D eigenvalue weighted by Gasteiger charge is -2.28. The van der Waals surface area contributed by atoms with Crippen LogP contribution in [0.25, 0.3) is 28.1 Å². The van der Waals surface area contributed by atoms with Crippen molar-refractivity contribution in [2.75, 3.05) is 28.8 Å². The maximum atomic E-state index is 12.6. The van der Waals surface area contributed by atoms with E-state index in [1.54, 1.807) is 30.3 Å². The van der Waals surface area contributed by atoms with E-state index in [2.05, 4.69) is 53.4 Å². The van der Waals surface area contributed by atoms with Gasteiger partial charge in [0.05, 0.1) is 16.4 Å². The fourth-order valence-electron chi connectivity index (χ4n) is 7.94. The molecule has 51 heavy (non-hydrogen) atoms. The third-order valence-corrected chi connectivity index (χ3v) is 12.6. The van der Waals surface area contributed by atoms with Gasteiger partial charge in [-0.3, -0.25) is 4.79 Å². The Morgan fingerprint density at radius 2 is 1.51 bits per heavy atom. The van der Waals surface area contributed by atoms with Crippen LogP contribution in [0.3, 0.4) is 0 Å². The molecule has 1 N–H and O–H groups in total. The van der Waals surface area contributed by atoms with Crippen LogP contribution in [0.2, 0.25) is 10.0 Å². The van der Waals surface area contributed by atoms with Crippen LogP contribution in [0.5, 0.6) is 0 Å². The average Bonchev–Trinajstić information content (AvgIpc) is 3.86. The standard InChI is InChI=1S/C40H39Cl2N5O3S/c41-32-15-18-36(37(42)22-32)38-25-46(34-7-4-8-35(23-34)47-26-40(48)44-51(47,49)50)39(43-38)21-27-9-11-29(12-10-27)30-13-16-33(17-14-30)45-20-19-31(24-45)28-5-2-1-3-6-28/h4,7-18,22-23,25,28,31H,1-3,5-6,19-21,24,26H2,(H,44,48)/t31-/m0/s1. The Kier molecular flexibility index (Phi) is 9.29. The number of rotatable bonds is 8. The first-order chi connectivity index (χ1) is 24.7. The summed E-state index contributed by atoms with van der Waals surface area (Å²) < 4.78 is 30.2. The van der Waals surface area contributed by atoms with E-state index in [0.29, 0.717) is 33.5 Å². The zero-order valence-electron chi connectivity index (χ0n) is 28.1. The molecule has 1 aromatic heterocycles. The molecule has 4 aromatic carbocycles. The van der Waals surface area contributed by atoms with E-state index >= 15 is 0 Å². The lowest BCUT2D eigenvalue weighted by molar-refractivity contribution is -0.117. The average molecular weight is 741 g/mol. The zero-order valence-corrected chi connectivity index (χ0v) is 30.5. The van der Waals surface area contributed by atoms with Gasteiger partial charge in [0.25, 0.3) is 5.91 Å². The highest BCUT2D eigenvalue weighted by molar-refractivity contribution is 7.92. The molecule has 1 aliphatic carbocycles. The molecule has 3 aliphatic rings. The molecular weight excluding hydrogens is 701 g/mol. The monoisotopic (exact) mass is 739 g/mol. The Hall–Kier alpha value is -4.31. The van der Waals surface area contributed by atoms with Crippen LogP contribution in [0.1, 0.15) is 49.9 Å². The second-order valence-electron chi connectivity index (χ2n) is 13.9. The largest absolute Gasteiger partial charge is 0.371 e. The topological polar surface area (TPSA) is 87.5 Å². The predicted octanol–water partition coefficient (Wildman–Crippen LogP) is 8.69. The summed E-state index contributed by atoms with van der Waals surface area (Å²) in [4.78, 5) is 19.5. The van der Waals surface area contributed by atoms with Gasteiger partial charge < -0.3 is 9.47 Å². The van der Waals surface area contributed by atoms with E-state index in [1.165, 1.54) is 56.3 Å². The van der Waals surface area contributed by atoms with E-state index in [0.717, 1.165) is 45.2 Å². The Balaban J connectivity index is 1.04. The lowest BCUT2D eigenvalue weighted by Crippen LogP contribution is -2.29. The molecule has 8 rings (SSSR count). The number of halogens is 2. The SMILES string of the molecule is O=C1CN(c2cccc(-n3cc(-c4ccc(Cl)cc4Cl)nc3Cc3ccc(-c4ccc(N5CC[C@H](C6CCCCC6)C5)cc4)cc3)c2)S(=O)(=O)N1. The molecule has 0 bridgehead atoms. The lowest BCUT2D eigenvalue weighted by atomic mass is 9.80. The highest BCUT2D eigenvalue weighted by Gasteiger charge is 2.34. The van der Waals surface area contributed by atoms with Crippen molar-refractivity contribution in [2.45, 2.75) is 44.9 Å². The number of carbonyl (C=O) groups excluding carboxylic acids is 1. The number of carbonyl (C=O) groups is 1. The summed E-state index contributed by atoms with van der Waals surface area (Å²) in [6, 6.07) is 29.9. The van der Waals surface area contributed by atoms with Crippen molar-refractivity contribution in [3.63, 3.8) is 0 Å². The van der Waals surface area contributed by atoms with Gasteiger partial charge in [-0.1, -0.05) is 97.8 Å². The van der Waals surface area contributed by atoms with Gasteiger partial charge in [0.2, 0.25) is 0 Å². The number of hydrogen-bond donors (Lipinski definition) is 1. The molecule has 0 radical (unpaired) electrons. The van der Waals surface area contributed by atoms with Crippen molar-refractivity contribution in [3.8, 4) is 28.1 Å². The molecule has 5 aromatic rings. The number of aromatic nitrogens is 2. The number of nitrogens with zero attached hydrogens (tertiary/aromatic N) is 4. The van der Waals surface area contributed by atoms with Crippen LogP contribution >= 0.6 is 23.2 Å². The minimum Gasteiger partial charge on any atom is -0.371 e. The van der Waals surface area contributed by atoms with Gasteiger partial charge in [0.15, 0.2) is 0 Å². The molecule has 11 heteroatoms. The minimum atomic E-state index is -3.96. The van der Waals surface area contributed by atoms with Gasteiger partial charge in [0.1, 0.15) is 12.4 Å². The van der Waals surface area contributed by atoms with Crippen molar-refractivity contribution in [1.82, 2.24) is 14.3 Å². The highest BCUT2D eigenvalue weighted by Crippen LogP contribution is 2.37. The number of nitrogens with one attached hydrogen (secondary N) is 1. The summed E-state index contributed by atoms with van der Waals surface area (Å²) in [5, 5.41) is 1.00. The molecule has 2 aliphatic heterocycles. The van der Waals surface area contributed by atoms with Gasteiger partial charge in [-0.2, -0.15) is 8.42 Å². The van der Waals surface area contributed by atoms with Crippen molar-refractivity contribution in [1.29, 1.82) is 0 Å². The Labute approximate surface area is 309 Å². The van der Waals surface area contributed by atoms with Gasteiger partial charge in [-0.05, 0) is 83.5 Å². The number of imidazole rings is 1. The van der Waals surface area contributed by atoms with Crippen molar-refractivity contribution in [3.05, 3.63) is 119 Å². The molecular formula is C40H39Cl2N5O3S. The van der Waals surface area contributed by atoms with E-state index in [9.17, 15) is 13.2 Å². The third kappa shape index (κ3) is 7.12. The quantitative estimate of drug-likeness (QED) is 0.172. The third-order valence-electron chi connectivity index (χ3n) is 10.6. The second kappa shape index (κ2) is 14.0. The number of anilines is 2. The van der Waals surface area contributed by atoms with Crippen LogP contribution in [0.4, 0.5) is 11.4 Å². The fourth-order valence-corrected chi connectivity index (χ4v) is 9.59. The molecule has 1 amide bonds. The van der Waals surface area contributed by atoms with Crippen molar-refractivity contribution >= 4 is 50.7 Å². The summed E-state index contributed by atoms with van der Waals surface area (Å²) in [7, 11) is -3.96. The van der Waals surface area contributed by atoms with Crippen molar-refractivity contribution < 1.29 is 13.2 Å². The first-order valence-corrected chi connectivity index (χ1v) is 19.8. The first-order valence-electron chi connectivity index (χ1n) is 17.6. The van der Waals surface area contributed by atoms with E-state index in [4.69, 9.17) is 28.2 Å². The summed E-state index contributed by atoms with van der Waals surface area (Å²) >= 11 is 12.8. The van der Waals surface area contributed by atoms with E-state index < -0.39 is 16.1 Å². The molecule has 3 heterocycles. The van der Waals surface area contributed by atoms with Crippen LogP contribution in [0.15, 0.2) is 97.2 Å². The maximum absolute atomic E-state index is 12.6. The molecule has 3 fully saturated rings. The summed E-state index contributed by atoms with van der Waals surface area (Å²) in [6.07, 6.45) is 10.7. The van der Waals surface area contributed by atoms with Gasteiger partial charge in [-0.15, -0.1) is 0 Å². The van der Waals surface area contributed by atoms with Crippen LogP contribution < -0.4 is 13.9 Å². The van der Waals surface area contributed by atoms with Crippen LogP contribution in [0, 0.1) is 11.8 Å². The zero-order chi connectivity index (χ0) is 35.1. The first kappa shape index (κ1) is 33.8. The van der Waals surface area contributed by atoms with Gasteiger partial charge in [0, 0.05) is 47.7 Å². The second-order valence-corrected chi connectivity index (χ2v) is 16.3. The van der Waals surface area contributed by atoms with Gasteiger partial charge in [-0.25, -0.2) is 14.0 Å². The van der Waals surface area contributed by atoms with Gasteiger partial charge >= 0.3 is 10.2 Å². The number of hydrogen-bond acceptors (Lipinski definition) is 5. The van der Waals surface area contributed by atoms with E-state index in [1.807, 2.05) is 27.6 Å². The Morgan fingerprint density at radius 1 is 0.784 bits per heavy atom. The molecule has 0 spiro atoms. The number of benzene rings is 4. The predicted molar refractivity (Wildman–Crippen MR) is 205 cm³/mol. The smallest absolute Gasteiger partial charge is 0.326 e. The van der Waals surface area contributed by atoms with Crippen molar-refractivity contribution in [2.24, 2.45) is 11.8 Å². The maximum Gasteiger partial charge on any atom is 0.326 e. The molecule has 2 saturated heterocycles. The molecule has 1 saturated carbocycles. The summed E-state index contributed by atoms with van der Waals surface area (Å²) in [6.45, 7) is 2.05. The Morgan fingerprint density at radius 3 is 2.22 bits per heavy atom. The molecule has 8 nitrogen and oxygen atoms in total. The highest BCUT2D eigenvalue weighted by atomic mass is 35.5. The summed E-state index contributed by atoms with van der Waals surface area (Å²) in [5.74, 6) is 1.91. The molecule has 1 atom stereocenters. The Bertz CT molecular complexity index is 2180. The number of amides is 1. The summed E-state index contributed by atoms with van der Waals surface area (Å²) in [5.41, 5.74) is 7.15. The van der Waals surface area contributed by atoms with Crippen LogP contribution in [-0.2, 0) is 21.4 Å². The van der Waals surface area contributed by atoms with Crippen LogP contribution in [-0.4, -0.2) is 43.5 Å². The fraction of sp³-hybridized carbons (Fsp3) is 0.300. The normalized spacial score (nSPS) is 19.1. The minimum absolute atomic E-state index is 0.275. The van der Waals surface area contributed by atoms with E-state index in [-0.39, 0.29) is 6.54 Å². The molecule has 0 unspecified atom stereocenters.